The molecule has 4 aromatic carbocycles. The molecule has 0 aromatic heterocycles. The predicted molar refractivity (Wildman–Crippen MR) is 101 cm³/mol. The predicted octanol–water partition coefficient (Wildman–Crippen LogP) is 6.57. The number of fused-ring (bicyclic) bond motifs is 2. The van der Waals surface area contributed by atoms with Crippen molar-refractivity contribution in [2.24, 2.45) is 0 Å². The Labute approximate surface area is 147 Å². The van der Waals surface area contributed by atoms with Crippen molar-refractivity contribution in [3.8, 4) is 16.9 Å². The second kappa shape index (κ2) is 5.91. The van der Waals surface area contributed by atoms with E-state index in [2.05, 4.69) is 15.9 Å². The highest BCUT2D eigenvalue weighted by Gasteiger charge is 2.17. The lowest BCUT2D eigenvalue weighted by Gasteiger charge is -2.14. The highest BCUT2D eigenvalue weighted by atomic mass is 79.9. The summed E-state index contributed by atoms with van der Waals surface area (Å²) in [4.78, 5) is 0. The maximum Gasteiger partial charge on any atom is 0.139 e. The maximum atomic E-state index is 15.2. The van der Waals surface area contributed by atoms with Gasteiger partial charge in [0.15, 0.2) is 0 Å². The molecule has 4 rings (SSSR count). The van der Waals surface area contributed by atoms with Gasteiger partial charge in [0, 0.05) is 26.4 Å². The molecule has 0 unspecified atom stereocenters. The summed E-state index contributed by atoms with van der Waals surface area (Å²) in [6.07, 6.45) is 0. The number of ether oxygens (including phenoxy) is 1. The van der Waals surface area contributed by atoms with Crippen molar-refractivity contribution in [3.63, 3.8) is 0 Å². The van der Waals surface area contributed by atoms with Crippen molar-refractivity contribution < 1.29 is 9.13 Å². The Balaban J connectivity index is 2.08. The molecule has 0 saturated carbocycles. The largest absolute Gasteiger partial charge is 0.495 e. The molecule has 3 heteroatoms. The van der Waals surface area contributed by atoms with Gasteiger partial charge in [-0.25, -0.2) is 4.39 Å². The molecule has 0 heterocycles. The summed E-state index contributed by atoms with van der Waals surface area (Å²) >= 11 is 3.57. The first-order chi connectivity index (χ1) is 11.7. The molecule has 0 aliphatic carbocycles. The lowest BCUT2D eigenvalue weighted by molar-refractivity contribution is 0.421. The Hall–Kier alpha value is -2.39. The van der Waals surface area contributed by atoms with Crippen LogP contribution in [0, 0.1) is 5.82 Å². The second-order valence-corrected chi connectivity index (χ2v) is 6.49. The van der Waals surface area contributed by atoms with E-state index in [-0.39, 0.29) is 5.82 Å². The number of halogens is 2. The van der Waals surface area contributed by atoms with Crippen molar-refractivity contribution in [2.45, 2.75) is 0 Å². The summed E-state index contributed by atoms with van der Waals surface area (Å²) < 4.78 is 21.7. The van der Waals surface area contributed by atoms with Gasteiger partial charge in [-0.15, -0.1) is 0 Å². The van der Waals surface area contributed by atoms with Crippen LogP contribution in [-0.2, 0) is 0 Å². The normalized spacial score (nSPS) is 11.1. The fourth-order valence-electron chi connectivity index (χ4n) is 3.17. The third kappa shape index (κ3) is 2.28. The standard InChI is InChI=1S/C21H14BrFO/c1-24-21-14-7-3-2-6-13(14)10-11-17(21)18-12-19(22)15-8-4-5-9-16(15)20(18)23/h2-12H,1H3. The van der Waals surface area contributed by atoms with E-state index in [9.17, 15) is 0 Å². The molecule has 0 amide bonds. The summed E-state index contributed by atoms with van der Waals surface area (Å²) in [5, 5.41) is 3.50. The molecule has 118 valence electrons. The summed E-state index contributed by atoms with van der Waals surface area (Å²) in [5.41, 5.74) is 1.28. The molecule has 0 N–H and O–H groups in total. The van der Waals surface area contributed by atoms with Crippen LogP contribution in [0.15, 0.2) is 71.2 Å². The van der Waals surface area contributed by atoms with Gasteiger partial charge in [0.05, 0.1) is 7.11 Å². The first kappa shape index (κ1) is 15.2. The molecule has 0 bridgehead atoms. The number of methoxy groups -OCH3 is 1. The quantitative estimate of drug-likeness (QED) is 0.382. The zero-order valence-electron chi connectivity index (χ0n) is 13.0. The SMILES string of the molecule is COc1c(-c2cc(Br)c3ccccc3c2F)ccc2ccccc12. The van der Waals surface area contributed by atoms with Gasteiger partial charge in [0.25, 0.3) is 0 Å². The molecule has 0 aliphatic rings. The van der Waals surface area contributed by atoms with E-state index in [1.165, 1.54) is 0 Å². The van der Waals surface area contributed by atoms with Gasteiger partial charge in [-0.05, 0) is 22.9 Å². The fourth-order valence-corrected chi connectivity index (χ4v) is 3.74. The third-order valence-corrected chi connectivity index (χ3v) is 4.96. The minimum absolute atomic E-state index is 0.234. The topological polar surface area (TPSA) is 9.23 Å². The van der Waals surface area contributed by atoms with E-state index in [4.69, 9.17) is 4.74 Å². The molecule has 24 heavy (non-hydrogen) atoms. The lowest BCUT2D eigenvalue weighted by Crippen LogP contribution is -1.93. The van der Waals surface area contributed by atoms with Gasteiger partial charge in [0.1, 0.15) is 11.6 Å². The van der Waals surface area contributed by atoms with E-state index in [0.717, 1.165) is 26.2 Å². The first-order valence-electron chi connectivity index (χ1n) is 7.63. The van der Waals surface area contributed by atoms with Gasteiger partial charge in [0.2, 0.25) is 0 Å². The summed E-state index contributed by atoms with van der Waals surface area (Å²) in [5.74, 6) is 0.455. The number of hydrogen-bond acceptors (Lipinski definition) is 1. The molecule has 0 spiro atoms. The second-order valence-electron chi connectivity index (χ2n) is 5.63. The fraction of sp³-hybridized carbons (Fsp3) is 0.0476. The van der Waals surface area contributed by atoms with Crippen LogP contribution in [0.25, 0.3) is 32.7 Å². The monoisotopic (exact) mass is 380 g/mol. The molecule has 1 nitrogen and oxygen atoms in total. The average molecular weight is 381 g/mol. The van der Waals surface area contributed by atoms with E-state index in [1.807, 2.05) is 60.7 Å². The highest BCUT2D eigenvalue weighted by molar-refractivity contribution is 9.10. The zero-order valence-corrected chi connectivity index (χ0v) is 14.6. The van der Waals surface area contributed by atoms with Gasteiger partial charge < -0.3 is 4.74 Å². The number of rotatable bonds is 2. The van der Waals surface area contributed by atoms with Crippen LogP contribution in [0.5, 0.6) is 5.75 Å². The zero-order chi connectivity index (χ0) is 16.7. The van der Waals surface area contributed by atoms with Gasteiger partial charge in [-0.1, -0.05) is 70.5 Å². The number of hydrogen-bond donors (Lipinski definition) is 0. The van der Waals surface area contributed by atoms with Crippen LogP contribution >= 0.6 is 15.9 Å². The first-order valence-corrected chi connectivity index (χ1v) is 8.43. The summed E-state index contributed by atoms with van der Waals surface area (Å²) in [6, 6.07) is 21.1. The number of benzene rings is 4. The smallest absolute Gasteiger partial charge is 0.139 e. The van der Waals surface area contributed by atoms with E-state index in [0.29, 0.717) is 16.7 Å². The molecule has 4 aromatic rings. The summed E-state index contributed by atoms with van der Waals surface area (Å²) in [6.45, 7) is 0. The molecule has 0 atom stereocenters. The molecule has 0 saturated heterocycles. The third-order valence-electron chi connectivity index (χ3n) is 4.30. The van der Waals surface area contributed by atoms with Crippen molar-refractivity contribution >= 4 is 37.5 Å². The maximum absolute atomic E-state index is 15.2. The van der Waals surface area contributed by atoms with Gasteiger partial charge in [-0.2, -0.15) is 0 Å². The van der Waals surface area contributed by atoms with Crippen molar-refractivity contribution in [1.29, 1.82) is 0 Å². The van der Waals surface area contributed by atoms with Crippen LogP contribution in [0.1, 0.15) is 0 Å². The van der Waals surface area contributed by atoms with Crippen LogP contribution in [0.3, 0.4) is 0 Å². The van der Waals surface area contributed by atoms with Crippen molar-refractivity contribution in [3.05, 3.63) is 77.0 Å². The van der Waals surface area contributed by atoms with E-state index >= 15 is 4.39 Å². The van der Waals surface area contributed by atoms with Crippen LogP contribution in [0.2, 0.25) is 0 Å². The van der Waals surface area contributed by atoms with Gasteiger partial charge in [-0.3, -0.25) is 0 Å². The molecular weight excluding hydrogens is 367 g/mol. The van der Waals surface area contributed by atoms with Crippen molar-refractivity contribution in [1.82, 2.24) is 0 Å². The van der Waals surface area contributed by atoms with E-state index in [1.54, 1.807) is 13.2 Å². The minimum Gasteiger partial charge on any atom is -0.495 e. The Morgan fingerprint density at radius 3 is 2.21 bits per heavy atom. The Bertz CT molecular complexity index is 1070. The Morgan fingerprint density at radius 1 is 0.792 bits per heavy atom. The van der Waals surface area contributed by atoms with Crippen molar-refractivity contribution in [2.75, 3.05) is 7.11 Å². The lowest BCUT2D eigenvalue weighted by atomic mass is 9.96. The Kier molecular flexibility index (Phi) is 3.73. The Morgan fingerprint density at radius 2 is 1.46 bits per heavy atom. The average Bonchev–Trinajstić information content (AvgIpc) is 2.64. The van der Waals surface area contributed by atoms with Crippen LogP contribution in [-0.4, -0.2) is 7.11 Å². The molecule has 0 radical (unpaired) electrons. The van der Waals surface area contributed by atoms with E-state index < -0.39 is 0 Å². The molecule has 0 fully saturated rings. The molecule has 0 aliphatic heterocycles. The highest BCUT2D eigenvalue weighted by Crippen LogP contribution is 2.41. The molecular formula is C21H14BrFO. The van der Waals surface area contributed by atoms with Crippen LogP contribution < -0.4 is 4.74 Å². The summed E-state index contributed by atoms with van der Waals surface area (Å²) in [7, 11) is 1.62. The van der Waals surface area contributed by atoms with Crippen LogP contribution in [0.4, 0.5) is 4.39 Å². The minimum atomic E-state index is -0.234. The van der Waals surface area contributed by atoms with Gasteiger partial charge >= 0.3 is 0 Å².